The van der Waals surface area contributed by atoms with Crippen LogP contribution in [0.3, 0.4) is 0 Å². The molecule has 20 heavy (non-hydrogen) atoms. The van der Waals surface area contributed by atoms with Gasteiger partial charge in [-0.05, 0) is 23.8 Å². The average molecular weight is 307 g/mol. The zero-order chi connectivity index (χ0) is 13.9. The van der Waals surface area contributed by atoms with E-state index in [1.807, 2.05) is 0 Å². The minimum atomic E-state index is -5.08. The SMILES string of the molecule is Oc1cccc(COc2cncc([B-](F)(F)F)c2)c1.[K+]. The zero-order valence-corrected chi connectivity index (χ0v) is 13.9. The number of nitrogens with zero attached hydrogens (tertiary/aromatic N) is 1. The molecule has 100 valence electrons. The van der Waals surface area contributed by atoms with Crippen LogP contribution in [0.1, 0.15) is 5.56 Å². The molecule has 1 aromatic heterocycles. The van der Waals surface area contributed by atoms with E-state index in [0.29, 0.717) is 5.56 Å². The van der Waals surface area contributed by atoms with Crippen LogP contribution >= 0.6 is 0 Å². The van der Waals surface area contributed by atoms with Crippen LogP contribution in [0.25, 0.3) is 0 Å². The van der Waals surface area contributed by atoms with E-state index in [-0.39, 0.29) is 69.5 Å². The number of aromatic nitrogens is 1. The van der Waals surface area contributed by atoms with Crippen molar-refractivity contribution in [2.75, 3.05) is 0 Å². The van der Waals surface area contributed by atoms with Crippen LogP contribution in [-0.2, 0) is 6.61 Å². The Kier molecular flexibility index (Phi) is 6.54. The Balaban J connectivity index is 0.00000200. The van der Waals surface area contributed by atoms with E-state index in [1.54, 1.807) is 12.1 Å². The van der Waals surface area contributed by atoms with Gasteiger partial charge in [-0.25, -0.2) is 0 Å². The van der Waals surface area contributed by atoms with Gasteiger partial charge in [-0.3, -0.25) is 4.98 Å². The van der Waals surface area contributed by atoms with Gasteiger partial charge in [-0.15, -0.1) is 0 Å². The predicted molar refractivity (Wildman–Crippen MR) is 65.4 cm³/mol. The molecule has 0 bridgehead atoms. The molecule has 1 aromatic carbocycles. The predicted octanol–water partition coefficient (Wildman–Crippen LogP) is -0.575. The van der Waals surface area contributed by atoms with Crippen molar-refractivity contribution in [3.05, 3.63) is 48.3 Å². The number of hydrogen-bond donors (Lipinski definition) is 1. The molecule has 0 unspecified atom stereocenters. The van der Waals surface area contributed by atoms with Gasteiger partial charge >= 0.3 is 58.4 Å². The summed E-state index contributed by atoms with van der Waals surface area (Å²) >= 11 is 0. The van der Waals surface area contributed by atoms with Gasteiger partial charge < -0.3 is 22.8 Å². The third-order valence-electron chi connectivity index (χ3n) is 2.43. The first-order valence-corrected chi connectivity index (χ1v) is 5.51. The first kappa shape index (κ1) is 17.5. The summed E-state index contributed by atoms with van der Waals surface area (Å²) in [6.45, 7) is -5.02. The van der Waals surface area contributed by atoms with Crippen molar-refractivity contribution in [3.8, 4) is 11.5 Å². The maximum Gasteiger partial charge on any atom is 1.00 e. The number of aromatic hydroxyl groups is 1. The van der Waals surface area contributed by atoms with Crippen molar-refractivity contribution in [1.82, 2.24) is 4.98 Å². The molecule has 3 nitrogen and oxygen atoms in total. The van der Waals surface area contributed by atoms with Crippen LogP contribution in [0.15, 0.2) is 42.7 Å². The summed E-state index contributed by atoms with van der Waals surface area (Å²) in [5.74, 6) is 0.117. The maximum absolute atomic E-state index is 12.5. The second kappa shape index (κ2) is 7.46. The summed E-state index contributed by atoms with van der Waals surface area (Å²) in [5, 5.41) is 9.25. The quantitative estimate of drug-likeness (QED) is 0.769. The molecule has 0 fully saturated rings. The van der Waals surface area contributed by atoms with Crippen LogP contribution in [0.2, 0.25) is 0 Å². The summed E-state index contributed by atoms with van der Waals surface area (Å²) in [4.78, 5) is 3.50. The number of pyridine rings is 1. The van der Waals surface area contributed by atoms with Crippen LogP contribution in [0, 0.1) is 0 Å². The monoisotopic (exact) mass is 307 g/mol. The fourth-order valence-electron chi connectivity index (χ4n) is 1.51. The normalized spacial score (nSPS) is 10.8. The van der Waals surface area contributed by atoms with Crippen molar-refractivity contribution in [2.45, 2.75) is 6.61 Å². The van der Waals surface area contributed by atoms with Crippen molar-refractivity contribution in [3.63, 3.8) is 0 Å². The Hall–Kier alpha value is -0.539. The molecule has 0 aliphatic carbocycles. The summed E-state index contributed by atoms with van der Waals surface area (Å²) in [6, 6.07) is 7.21. The molecule has 0 saturated carbocycles. The van der Waals surface area contributed by atoms with E-state index in [9.17, 15) is 18.1 Å². The Morgan fingerprint density at radius 1 is 1.15 bits per heavy atom. The third-order valence-corrected chi connectivity index (χ3v) is 2.43. The number of hydrogen-bond acceptors (Lipinski definition) is 3. The summed E-state index contributed by atoms with van der Waals surface area (Å²) in [6.07, 6.45) is 1.98. The Morgan fingerprint density at radius 3 is 2.55 bits per heavy atom. The second-order valence-corrected chi connectivity index (χ2v) is 3.99. The van der Waals surface area contributed by atoms with Gasteiger partial charge in [0.05, 0.1) is 6.20 Å². The number of rotatable bonds is 4. The van der Waals surface area contributed by atoms with Gasteiger partial charge in [0.1, 0.15) is 18.1 Å². The molecule has 0 saturated heterocycles. The number of ether oxygens (including phenoxy) is 1. The van der Waals surface area contributed by atoms with Gasteiger partial charge in [-0.2, -0.15) is 0 Å². The summed E-state index contributed by atoms with van der Waals surface area (Å²) in [5.41, 5.74) is -0.142. The summed E-state index contributed by atoms with van der Waals surface area (Å²) < 4.78 is 42.8. The Morgan fingerprint density at radius 2 is 1.90 bits per heavy atom. The fraction of sp³-hybridized carbons (Fsp3) is 0.0833. The van der Waals surface area contributed by atoms with Crippen molar-refractivity contribution < 1.29 is 74.2 Å². The van der Waals surface area contributed by atoms with E-state index < -0.39 is 12.4 Å². The van der Waals surface area contributed by atoms with Gasteiger partial charge in [-0.1, -0.05) is 17.6 Å². The number of phenolic OH excluding ortho intramolecular Hbond substituents is 1. The molecule has 0 spiro atoms. The molecule has 2 rings (SSSR count). The molecule has 0 radical (unpaired) electrons. The number of benzene rings is 1. The summed E-state index contributed by atoms with van der Waals surface area (Å²) in [7, 11) is 0. The van der Waals surface area contributed by atoms with Gasteiger partial charge in [0.15, 0.2) is 0 Å². The van der Waals surface area contributed by atoms with E-state index in [0.717, 1.165) is 12.3 Å². The molecule has 1 heterocycles. The zero-order valence-electron chi connectivity index (χ0n) is 10.8. The first-order valence-electron chi connectivity index (χ1n) is 5.51. The average Bonchev–Trinajstić information content (AvgIpc) is 2.36. The molecule has 1 N–H and O–H groups in total. The van der Waals surface area contributed by atoms with Crippen molar-refractivity contribution in [1.29, 1.82) is 0 Å². The second-order valence-electron chi connectivity index (χ2n) is 3.99. The molecule has 0 aliphatic rings. The third kappa shape index (κ3) is 5.10. The molecule has 0 atom stereocenters. The van der Waals surface area contributed by atoms with E-state index >= 15 is 0 Å². The van der Waals surface area contributed by atoms with Crippen LogP contribution in [0.5, 0.6) is 11.5 Å². The smallest absolute Gasteiger partial charge is 0.508 e. The van der Waals surface area contributed by atoms with E-state index in [1.165, 1.54) is 18.3 Å². The number of phenols is 1. The standard InChI is InChI=1S/C12H10BF3NO2.K/c14-13(15,16)10-5-12(7-17-6-10)19-8-9-2-1-3-11(18)4-9;/h1-7,18H,8H2;/q-1;+1. The molecule has 2 aromatic rings. The molecular formula is C12H10BF3KNO2. The van der Waals surface area contributed by atoms with Crippen molar-refractivity contribution >= 4 is 12.4 Å². The minimum Gasteiger partial charge on any atom is -0.508 e. The van der Waals surface area contributed by atoms with E-state index in [2.05, 4.69) is 4.98 Å². The Labute approximate surface area is 156 Å². The topological polar surface area (TPSA) is 42.4 Å². The van der Waals surface area contributed by atoms with Crippen LogP contribution < -0.4 is 61.6 Å². The van der Waals surface area contributed by atoms with Crippen LogP contribution in [0.4, 0.5) is 12.9 Å². The first-order chi connectivity index (χ1) is 8.95. The maximum atomic E-state index is 12.5. The van der Waals surface area contributed by atoms with Gasteiger partial charge in [0.25, 0.3) is 0 Å². The van der Waals surface area contributed by atoms with Gasteiger partial charge in [0, 0.05) is 6.20 Å². The van der Waals surface area contributed by atoms with Crippen LogP contribution in [-0.4, -0.2) is 17.1 Å². The minimum absolute atomic E-state index is 0. The fourth-order valence-corrected chi connectivity index (χ4v) is 1.51. The Bertz CT molecular complexity index is 581. The molecule has 0 amide bonds. The molecule has 8 heteroatoms. The van der Waals surface area contributed by atoms with E-state index in [4.69, 9.17) is 4.74 Å². The number of halogens is 3. The van der Waals surface area contributed by atoms with Crippen molar-refractivity contribution in [2.24, 2.45) is 0 Å². The van der Waals surface area contributed by atoms with Gasteiger partial charge in [0.2, 0.25) is 0 Å². The molecular weight excluding hydrogens is 297 g/mol. The molecule has 0 aliphatic heterocycles. The largest absolute Gasteiger partial charge is 1.00 e.